The van der Waals surface area contributed by atoms with Crippen molar-refractivity contribution in [1.29, 1.82) is 0 Å². The number of hydrogen-bond acceptors (Lipinski definition) is 5. The van der Waals surface area contributed by atoms with Gasteiger partial charge in [-0.25, -0.2) is 14.4 Å². The highest BCUT2D eigenvalue weighted by Gasteiger charge is 2.18. The van der Waals surface area contributed by atoms with Crippen molar-refractivity contribution in [2.75, 3.05) is 5.32 Å². The molecular weight excluding hydrogens is 493 g/mol. The summed E-state index contributed by atoms with van der Waals surface area (Å²) >= 11 is 0. The molecule has 9 heteroatoms. The zero-order chi connectivity index (χ0) is 27.1. The van der Waals surface area contributed by atoms with Crippen LogP contribution < -0.4 is 5.32 Å². The molecule has 5 heterocycles. The summed E-state index contributed by atoms with van der Waals surface area (Å²) in [6.07, 6.45) is 5.47. The number of aromatic amines is 2. The molecule has 0 spiro atoms. The molecule has 39 heavy (non-hydrogen) atoms. The minimum atomic E-state index is -0.281. The summed E-state index contributed by atoms with van der Waals surface area (Å²) in [6.45, 7) is 6.07. The molecule has 0 radical (unpaired) electrons. The molecule has 1 amide bonds. The zero-order valence-electron chi connectivity index (χ0n) is 21.7. The van der Waals surface area contributed by atoms with Crippen molar-refractivity contribution in [3.05, 3.63) is 79.0 Å². The lowest BCUT2D eigenvalue weighted by molar-refractivity contribution is -0.117. The molecule has 0 aliphatic carbocycles. The number of H-pyrrole nitrogens is 2. The Kier molecular flexibility index (Phi) is 5.91. The maximum atomic E-state index is 13.5. The van der Waals surface area contributed by atoms with Gasteiger partial charge in [-0.2, -0.15) is 5.10 Å². The van der Waals surface area contributed by atoms with Crippen LogP contribution in [-0.2, 0) is 4.79 Å². The van der Waals surface area contributed by atoms with Gasteiger partial charge in [-0.05, 0) is 59.0 Å². The van der Waals surface area contributed by atoms with Crippen LogP contribution in [0.4, 0.5) is 10.1 Å². The normalized spacial score (nSPS) is 11.8. The van der Waals surface area contributed by atoms with Gasteiger partial charge in [0.1, 0.15) is 22.7 Å². The lowest BCUT2D eigenvalue weighted by atomic mass is 9.92. The van der Waals surface area contributed by atoms with Gasteiger partial charge in [-0.3, -0.25) is 14.9 Å². The van der Waals surface area contributed by atoms with Crippen molar-refractivity contribution >= 4 is 33.7 Å². The SMILES string of the molecule is CC(C)(C)CC(=O)Nc1cncc(-c2ccc3[nH]nc(-c4cc5c(-c6ccc(F)cc6)ccnc5[nH]4)c3n2)c1. The van der Waals surface area contributed by atoms with Crippen LogP contribution in [0.2, 0.25) is 0 Å². The second-order valence-electron chi connectivity index (χ2n) is 10.7. The number of amides is 1. The summed E-state index contributed by atoms with van der Waals surface area (Å²) in [5.41, 5.74) is 7.37. The number of aromatic nitrogens is 6. The van der Waals surface area contributed by atoms with Crippen LogP contribution in [0.25, 0.3) is 55.8 Å². The van der Waals surface area contributed by atoms with Crippen molar-refractivity contribution in [2.45, 2.75) is 27.2 Å². The number of hydrogen-bond donors (Lipinski definition) is 3. The van der Waals surface area contributed by atoms with Crippen molar-refractivity contribution in [1.82, 2.24) is 30.1 Å². The van der Waals surface area contributed by atoms with Crippen LogP contribution in [0.5, 0.6) is 0 Å². The molecule has 3 N–H and O–H groups in total. The van der Waals surface area contributed by atoms with E-state index in [1.165, 1.54) is 12.1 Å². The highest BCUT2D eigenvalue weighted by Crippen LogP contribution is 2.33. The molecule has 0 aliphatic heterocycles. The first kappa shape index (κ1) is 24.4. The molecule has 0 aliphatic rings. The van der Waals surface area contributed by atoms with Gasteiger partial charge < -0.3 is 10.3 Å². The molecule has 0 unspecified atom stereocenters. The van der Waals surface area contributed by atoms with Crippen molar-refractivity contribution in [3.8, 4) is 33.8 Å². The van der Waals surface area contributed by atoms with Crippen LogP contribution in [0.1, 0.15) is 27.2 Å². The first-order valence-corrected chi connectivity index (χ1v) is 12.6. The third-order valence-corrected chi connectivity index (χ3v) is 6.36. The number of halogens is 1. The molecule has 0 saturated carbocycles. The Bertz CT molecular complexity index is 1830. The first-order valence-electron chi connectivity index (χ1n) is 12.6. The fourth-order valence-electron chi connectivity index (χ4n) is 4.62. The van der Waals surface area contributed by atoms with Crippen LogP contribution >= 0.6 is 0 Å². The first-order chi connectivity index (χ1) is 18.7. The second kappa shape index (κ2) is 9.43. The van der Waals surface area contributed by atoms with E-state index in [1.54, 1.807) is 30.7 Å². The van der Waals surface area contributed by atoms with Crippen LogP contribution in [0.3, 0.4) is 0 Å². The van der Waals surface area contributed by atoms with E-state index < -0.39 is 0 Å². The molecule has 0 atom stereocenters. The number of pyridine rings is 3. The van der Waals surface area contributed by atoms with E-state index >= 15 is 0 Å². The average molecular weight is 520 g/mol. The maximum absolute atomic E-state index is 13.5. The Morgan fingerprint density at radius 2 is 1.82 bits per heavy atom. The number of carbonyl (C=O) groups is 1. The Morgan fingerprint density at radius 3 is 2.62 bits per heavy atom. The summed E-state index contributed by atoms with van der Waals surface area (Å²) in [7, 11) is 0. The van der Waals surface area contributed by atoms with E-state index in [4.69, 9.17) is 4.98 Å². The number of benzene rings is 1. The molecule has 8 nitrogen and oxygen atoms in total. The van der Waals surface area contributed by atoms with E-state index in [-0.39, 0.29) is 17.1 Å². The molecule has 0 saturated heterocycles. The summed E-state index contributed by atoms with van der Waals surface area (Å²) in [5.74, 6) is -0.342. The van der Waals surface area contributed by atoms with E-state index in [9.17, 15) is 9.18 Å². The molecule has 6 rings (SSSR count). The number of nitrogens with zero attached hydrogens (tertiary/aromatic N) is 4. The monoisotopic (exact) mass is 519 g/mol. The average Bonchev–Trinajstić information content (AvgIpc) is 3.52. The minimum absolute atomic E-state index is 0.0607. The molecule has 194 valence electrons. The quantitative estimate of drug-likeness (QED) is 0.233. The molecular formula is C30H26FN7O. The largest absolute Gasteiger partial charge is 0.338 e. The van der Waals surface area contributed by atoms with Crippen molar-refractivity contribution in [2.24, 2.45) is 5.41 Å². The fraction of sp³-hybridized carbons (Fsp3) is 0.167. The number of fused-ring (bicyclic) bond motifs is 2. The Labute approximate surface area is 223 Å². The molecule has 0 fully saturated rings. The van der Waals surface area contributed by atoms with Gasteiger partial charge in [-0.15, -0.1) is 0 Å². The number of nitrogens with one attached hydrogen (secondary N) is 3. The number of rotatable bonds is 5. The minimum Gasteiger partial charge on any atom is -0.338 e. The van der Waals surface area contributed by atoms with Crippen LogP contribution in [0.15, 0.2) is 73.2 Å². The molecule has 1 aromatic carbocycles. The second-order valence-corrected chi connectivity index (χ2v) is 10.7. The number of carbonyl (C=O) groups excluding carboxylic acids is 1. The van der Waals surface area contributed by atoms with Crippen molar-refractivity contribution < 1.29 is 9.18 Å². The lowest BCUT2D eigenvalue weighted by Crippen LogP contribution is -2.19. The predicted octanol–water partition coefficient (Wildman–Crippen LogP) is 6.74. The van der Waals surface area contributed by atoms with E-state index in [0.717, 1.165) is 33.3 Å². The van der Waals surface area contributed by atoms with Gasteiger partial charge in [-0.1, -0.05) is 32.9 Å². The third kappa shape index (κ3) is 4.98. The zero-order valence-corrected chi connectivity index (χ0v) is 21.7. The van der Waals surface area contributed by atoms with Gasteiger partial charge in [0.05, 0.1) is 28.8 Å². The Hall–Kier alpha value is -4.92. The maximum Gasteiger partial charge on any atom is 0.224 e. The molecule has 6 aromatic rings. The van der Waals surface area contributed by atoms with Crippen molar-refractivity contribution in [3.63, 3.8) is 0 Å². The van der Waals surface area contributed by atoms with E-state index in [1.807, 2.05) is 51.1 Å². The van der Waals surface area contributed by atoms with Gasteiger partial charge in [0, 0.05) is 29.8 Å². The Balaban J connectivity index is 1.36. The standard InChI is InChI=1S/C30H26FN7O/c1-30(2,3)14-26(39)34-20-12-18(15-32-16-20)23-8-9-24-27(35-23)28(38-37-24)25-13-22-21(10-11-33-29(22)36-25)17-4-6-19(31)7-5-17/h4-13,15-16H,14H2,1-3H3,(H,33,36)(H,34,39)(H,37,38). The molecule has 5 aromatic heterocycles. The predicted molar refractivity (Wildman–Crippen MR) is 150 cm³/mol. The lowest BCUT2D eigenvalue weighted by Gasteiger charge is -2.17. The fourth-order valence-corrected chi connectivity index (χ4v) is 4.62. The van der Waals surface area contributed by atoms with E-state index in [2.05, 4.69) is 30.5 Å². The van der Waals surface area contributed by atoms with Crippen LogP contribution in [-0.4, -0.2) is 36.0 Å². The summed E-state index contributed by atoms with van der Waals surface area (Å²) in [6, 6.07) is 16.0. The smallest absolute Gasteiger partial charge is 0.224 e. The highest BCUT2D eigenvalue weighted by molar-refractivity contribution is 5.99. The number of anilines is 1. The Morgan fingerprint density at radius 1 is 1.00 bits per heavy atom. The van der Waals surface area contributed by atoms with Crippen LogP contribution in [0, 0.1) is 11.2 Å². The summed E-state index contributed by atoms with van der Waals surface area (Å²) in [4.78, 5) is 29.5. The summed E-state index contributed by atoms with van der Waals surface area (Å²) < 4.78 is 13.5. The van der Waals surface area contributed by atoms with Gasteiger partial charge in [0.15, 0.2) is 0 Å². The third-order valence-electron chi connectivity index (χ3n) is 6.36. The highest BCUT2D eigenvalue weighted by atomic mass is 19.1. The molecule has 0 bridgehead atoms. The van der Waals surface area contributed by atoms with Gasteiger partial charge >= 0.3 is 0 Å². The summed E-state index contributed by atoms with van der Waals surface area (Å²) in [5, 5.41) is 11.4. The topological polar surface area (TPSA) is 112 Å². The van der Waals surface area contributed by atoms with E-state index in [0.29, 0.717) is 34.7 Å². The van der Waals surface area contributed by atoms with Gasteiger partial charge in [0.25, 0.3) is 0 Å². The van der Waals surface area contributed by atoms with Gasteiger partial charge in [0.2, 0.25) is 5.91 Å².